The molecule has 0 radical (unpaired) electrons. The highest BCUT2D eigenvalue weighted by molar-refractivity contribution is 5.56. The molecule has 1 atom stereocenters. The molecular weight excluding hydrogens is 456 g/mol. The number of nitrogens with zero attached hydrogens (tertiary/aromatic N) is 2. The Balaban J connectivity index is 1.21. The van der Waals surface area contributed by atoms with Gasteiger partial charge in [-0.15, -0.1) is 0 Å². The molecule has 196 valence electrons. The van der Waals surface area contributed by atoms with Crippen molar-refractivity contribution in [3.63, 3.8) is 0 Å². The van der Waals surface area contributed by atoms with Crippen LogP contribution in [0.1, 0.15) is 67.2 Å². The number of hydrogen-bond donors (Lipinski definition) is 1. The molecule has 1 saturated heterocycles. The smallest absolute Gasteiger partial charge is 0.119 e. The summed E-state index contributed by atoms with van der Waals surface area (Å²) < 4.78 is 6.08. The van der Waals surface area contributed by atoms with E-state index in [0.717, 1.165) is 51.3 Å². The molecule has 37 heavy (non-hydrogen) atoms. The zero-order valence-electron chi connectivity index (χ0n) is 22.4. The van der Waals surface area contributed by atoms with E-state index in [2.05, 4.69) is 71.3 Å². The van der Waals surface area contributed by atoms with Crippen molar-refractivity contribution in [2.75, 3.05) is 37.7 Å². The molecule has 2 aliphatic rings. The van der Waals surface area contributed by atoms with Crippen molar-refractivity contribution in [2.45, 2.75) is 64.3 Å². The van der Waals surface area contributed by atoms with Gasteiger partial charge in [-0.05, 0) is 111 Å². The summed E-state index contributed by atoms with van der Waals surface area (Å²) in [5.41, 5.74) is 6.76. The second-order valence-electron chi connectivity index (χ2n) is 10.7. The molecular formula is C33H42N2O2. The van der Waals surface area contributed by atoms with E-state index in [1.807, 2.05) is 12.1 Å². The molecule has 3 aromatic rings. The van der Waals surface area contributed by atoms with Crippen LogP contribution in [0.4, 0.5) is 5.69 Å². The molecule has 0 amide bonds. The average molecular weight is 499 g/mol. The number of phenolic OH excluding ortho intramolecular Hbond substituents is 1. The minimum absolute atomic E-state index is 0.378. The lowest BCUT2D eigenvalue weighted by Gasteiger charge is -2.31. The monoisotopic (exact) mass is 498 g/mol. The van der Waals surface area contributed by atoms with Crippen molar-refractivity contribution in [2.24, 2.45) is 0 Å². The second-order valence-corrected chi connectivity index (χ2v) is 10.7. The molecule has 1 N–H and O–H groups in total. The van der Waals surface area contributed by atoms with Crippen molar-refractivity contribution >= 4 is 5.69 Å². The molecule has 4 heteroatoms. The number of anilines is 1. The quantitative estimate of drug-likeness (QED) is 0.346. The van der Waals surface area contributed by atoms with Crippen LogP contribution in [0.5, 0.6) is 11.5 Å². The average Bonchev–Trinajstić information content (AvgIpc) is 3.21. The van der Waals surface area contributed by atoms with Gasteiger partial charge in [0.2, 0.25) is 0 Å². The van der Waals surface area contributed by atoms with Crippen molar-refractivity contribution in [1.82, 2.24) is 4.90 Å². The molecule has 4 nitrogen and oxygen atoms in total. The number of aromatic hydroxyl groups is 1. The highest BCUT2D eigenvalue weighted by Crippen LogP contribution is 2.38. The number of hydrogen-bond acceptors (Lipinski definition) is 4. The Bertz CT molecular complexity index is 1140. The van der Waals surface area contributed by atoms with Gasteiger partial charge in [-0.1, -0.05) is 49.2 Å². The second kappa shape index (κ2) is 12.5. The molecule has 0 saturated carbocycles. The molecule has 0 aromatic heterocycles. The third kappa shape index (κ3) is 6.67. The number of benzene rings is 3. The fourth-order valence-electron chi connectivity index (χ4n) is 6.06. The van der Waals surface area contributed by atoms with E-state index in [4.69, 9.17) is 4.74 Å². The number of aryl methyl sites for hydroxylation is 1. The molecule has 1 aliphatic heterocycles. The van der Waals surface area contributed by atoms with Crippen LogP contribution < -0.4 is 9.64 Å². The standard InChI is InChI=1S/C33H42N2O2/c1-2-35(25-26-11-17-31(18-12-26)37-22-21-34-19-7-3-4-8-20-34)33-10-6-5-9-32(33)29-14-13-28-24-30(36)16-15-27(28)23-29/h5-6,9-12,15-18,24,29,36H,2-4,7-8,13-14,19-23,25H2,1H3/t29-/m1/s1. The molecule has 1 fully saturated rings. The van der Waals surface area contributed by atoms with Crippen molar-refractivity contribution < 1.29 is 9.84 Å². The molecule has 1 heterocycles. The fourth-order valence-corrected chi connectivity index (χ4v) is 6.06. The maximum absolute atomic E-state index is 9.87. The first-order valence-electron chi connectivity index (χ1n) is 14.3. The summed E-state index contributed by atoms with van der Waals surface area (Å²) in [6.07, 6.45) is 8.57. The Labute approximate surface area is 222 Å². The highest BCUT2D eigenvalue weighted by atomic mass is 16.5. The molecule has 0 spiro atoms. The Morgan fingerprint density at radius 3 is 2.49 bits per heavy atom. The van der Waals surface area contributed by atoms with Gasteiger partial charge in [0.1, 0.15) is 18.1 Å². The Morgan fingerprint density at radius 1 is 0.919 bits per heavy atom. The number of phenols is 1. The van der Waals surface area contributed by atoms with Crippen molar-refractivity contribution in [3.05, 3.63) is 89.0 Å². The first kappa shape index (κ1) is 25.7. The van der Waals surface area contributed by atoms with Crippen LogP contribution in [-0.4, -0.2) is 42.8 Å². The number of rotatable bonds is 9. The van der Waals surface area contributed by atoms with Crippen LogP contribution >= 0.6 is 0 Å². The number of likely N-dealkylation sites (tertiary alicyclic amines) is 1. The van der Waals surface area contributed by atoms with Crippen LogP contribution in [0, 0.1) is 0 Å². The van der Waals surface area contributed by atoms with Gasteiger partial charge in [0.15, 0.2) is 0 Å². The Kier molecular flexibility index (Phi) is 8.68. The first-order valence-corrected chi connectivity index (χ1v) is 14.3. The molecule has 5 rings (SSSR count). The minimum Gasteiger partial charge on any atom is -0.508 e. The lowest BCUT2D eigenvalue weighted by atomic mass is 9.79. The Morgan fingerprint density at radius 2 is 1.70 bits per heavy atom. The fraction of sp³-hybridized carbons (Fsp3) is 0.455. The van der Waals surface area contributed by atoms with Gasteiger partial charge in [0.05, 0.1) is 0 Å². The summed E-state index contributed by atoms with van der Waals surface area (Å²) in [5.74, 6) is 1.85. The number of fused-ring (bicyclic) bond motifs is 1. The van der Waals surface area contributed by atoms with Crippen LogP contribution in [-0.2, 0) is 19.4 Å². The van der Waals surface area contributed by atoms with E-state index in [-0.39, 0.29) is 0 Å². The summed E-state index contributed by atoms with van der Waals surface area (Å²) in [4.78, 5) is 5.05. The van der Waals surface area contributed by atoms with Gasteiger partial charge in [0, 0.05) is 25.3 Å². The van der Waals surface area contributed by atoms with Gasteiger partial charge in [0.25, 0.3) is 0 Å². The first-order chi connectivity index (χ1) is 18.2. The predicted octanol–water partition coefficient (Wildman–Crippen LogP) is 6.95. The van der Waals surface area contributed by atoms with Crippen molar-refractivity contribution in [3.8, 4) is 11.5 Å². The largest absolute Gasteiger partial charge is 0.508 e. The molecule has 1 aliphatic carbocycles. The lowest BCUT2D eigenvalue weighted by Crippen LogP contribution is -2.29. The molecule has 0 bridgehead atoms. The molecule has 0 unspecified atom stereocenters. The van der Waals surface area contributed by atoms with Gasteiger partial charge in [-0.25, -0.2) is 0 Å². The number of para-hydroxylation sites is 1. The summed E-state index contributed by atoms with van der Waals surface area (Å²) in [6.45, 7) is 8.31. The van der Waals surface area contributed by atoms with Crippen LogP contribution in [0.25, 0.3) is 0 Å². The van der Waals surface area contributed by atoms with E-state index in [1.165, 1.54) is 66.7 Å². The predicted molar refractivity (Wildman–Crippen MR) is 153 cm³/mol. The van der Waals surface area contributed by atoms with E-state index < -0.39 is 0 Å². The van der Waals surface area contributed by atoms with E-state index >= 15 is 0 Å². The summed E-state index contributed by atoms with van der Waals surface area (Å²) in [5, 5.41) is 9.87. The van der Waals surface area contributed by atoms with Gasteiger partial charge in [-0.3, -0.25) is 4.90 Å². The summed E-state index contributed by atoms with van der Waals surface area (Å²) in [7, 11) is 0. The third-order valence-corrected chi connectivity index (χ3v) is 8.19. The highest BCUT2D eigenvalue weighted by Gasteiger charge is 2.24. The maximum atomic E-state index is 9.87. The normalized spacial score (nSPS) is 18.1. The molecule has 3 aromatic carbocycles. The lowest BCUT2D eigenvalue weighted by molar-refractivity contribution is 0.214. The minimum atomic E-state index is 0.378. The van der Waals surface area contributed by atoms with E-state index in [0.29, 0.717) is 11.7 Å². The van der Waals surface area contributed by atoms with Crippen molar-refractivity contribution in [1.29, 1.82) is 0 Å². The van der Waals surface area contributed by atoms with Crippen LogP contribution in [0.2, 0.25) is 0 Å². The zero-order valence-corrected chi connectivity index (χ0v) is 22.4. The van der Waals surface area contributed by atoms with E-state index in [9.17, 15) is 5.11 Å². The maximum Gasteiger partial charge on any atom is 0.119 e. The third-order valence-electron chi connectivity index (χ3n) is 8.19. The van der Waals surface area contributed by atoms with Crippen LogP contribution in [0.15, 0.2) is 66.7 Å². The van der Waals surface area contributed by atoms with Gasteiger partial charge < -0.3 is 14.7 Å². The van der Waals surface area contributed by atoms with Gasteiger partial charge in [-0.2, -0.15) is 0 Å². The zero-order chi connectivity index (χ0) is 25.5. The summed E-state index contributed by atoms with van der Waals surface area (Å²) in [6, 6.07) is 23.5. The number of ether oxygens (including phenoxy) is 1. The van der Waals surface area contributed by atoms with Crippen LogP contribution in [0.3, 0.4) is 0 Å². The Hall–Kier alpha value is -2.98. The SMILES string of the molecule is CCN(Cc1ccc(OCCN2CCCCCC2)cc1)c1ccccc1[C@@H]1CCc2cc(O)ccc2C1. The van der Waals surface area contributed by atoms with E-state index in [1.54, 1.807) is 0 Å². The topological polar surface area (TPSA) is 35.9 Å². The summed E-state index contributed by atoms with van der Waals surface area (Å²) >= 11 is 0. The van der Waals surface area contributed by atoms with Gasteiger partial charge >= 0.3 is 0 Å².